The first kappa shape index (κ1) is 19.6. The number of imide groups is 1. The number of rotatable bonds is 2. The number of H-pyrrole nitrogens is 1. The standard InChI is InChI=1S/C25H20N2O4S2/c28-15-9-5-4-8-12(15)16-17-13-10-14(20(17)32-22-21(16)33-25(31)26-22)19-18(13)23(29)27(24(19)30)11-6-2-1-3-7-11/h1-9,13-14,16-20,28H,10H2,(H,26,31). The molecule has 2 aliphatic carbocycles. The van der Waals surface area contributed by atoms with E-state index in [1.165, 1.54) is 16.2 Å². The van der Waals surface area contributed by atoms with Gasteiger partial charge in [-0.2, -0.15) is 0 Å². The lowest BCUT2D eigenvalue weighted by Crippen LogP contribution is -2.42. The summed E-state index contributed by atoms with van der Waals surface area (Å²) in [5, 5.41) is 11.7. The van der Waals surface area contributed by atoms with Crippen LogP contribution in [0.4, 0.5) is 5.69 Å². The fraction of sp³-hybridized carbons (Fsp3) is 0.320. The Morgan fingerprint density at radius 1 is 0.909 bits per heavy atom. The maximum Gasteiger partial charge on any atom is 0.305 e. The number of thiazole rings is 1. The molecule has 3 aromatic rings. The summed E-state index contributed by atoms with van der Waals surface area (Å²) >= 11 is 2.85. The number of benzene rings is 2. The minimum Gasteiger partial charge on any atom is -0.508 e. The van der Waals surface area contributed by atoms with E-state index >= 15 is 0 Å². The summed E-state index contributed by atoms with van der Waals surface area (Å²) in [6.07, 6.45) is 0.834. The van der Waals surface area contributed by atoms with E-state index in [1.54, 1.807) is 23.9 Å². The Bertz CT molecular complexity index is 1370. The molecule has 1 saturated heterocycles. The fourth-order valence-corrected chi connectivity index (χ4v) is 9.83. The number of aromatic amines is 1. The highest BCUT2D eigenvalue weighted by molar-refractivity contribution is 8.00. The van der Waals surface area contributed by atoms with Crippen molar-refractivity contribution in [2.75, 3.05) is 4.90 Å². The third kappa shape index (κ3) is 2.53. The average molecular weight is 477 g/mol. The zero-order valence-electron chi connectivity index (χ0n) is 17.4. The van der Waals surface area contributed by atoms with Crippen molar-refractivity contribution < 1.29 is 14.7 Å². The molecule has 3 heterocycles. The minimum absolute atomic E-state index is 0.0395. The first-order valence-corrected chi connectivity index (χ1v) is 12.8. The number of hydrogen-bond acceptors (Lipinski definition) is 6. The Kier molecular flexibility index (Phi) is 4.06. The van der Waals surface area contributed by atoms with Crippen LogP contribution in [0.2, 0.25) is 0 Å². The molecule has 7 rings (SSSR count). The van der Waals surface area contributed by atoms with Crippen molar-refractivity contribution in [2.24, 2.45) is 29.6 Å². The van der Waals surface area contributed by atoms with E-state index in [4.69, 9.17) is 0 Å². The molecule has 1 aromatic heterocycles. The number of carbonyl (C=O) groups is 2. The van der Waals surface area contributed by atoms with Gasteiger partial charge in [0, 0.05) is 21.6 Å². The van der Waals surface area contributed by atoms with Crippen LogP contribution in [0, 0.1) is 29.6 Å². The lowest BCUT2D eigenvalue weighted by Gasteiger charge is -2.43. The summed E-state index contributed by atoms with van der Waals surface area (Å²) in [6.45, 7) is 0. The third-order valence-electron chi connectivity index (χ3n) is 8.01. The van der Waals surface area contributed by atoms with Crippen LogP contribution in [-0.2, 0) is 9.59 Å². The van der Waals surface area contributed by atoms with Crippen molar-refractivity contribution in [3.8, 4) is 5.75 Å². The molecule has 3 fully saturated rings. The monoisotopic (exact) mass is 476 g/mol. The number of thioether (sulfide) groups is 1. The van der Waals surface area contributed by atoms with Crippen molar-refractivity contribution in [1.29, 1.82) is 0 Å². The smallest absolute Gasteiger partial charge is 0.305 e. The first-order valence-electron chi connectivity index (χ1n) is 11.1. The summed E-state index contributed by atoms with van der Waals surface area (Å²) < 4.78 is 0. The maximum absolute atomic E-state index is 13.6. The second-order valence-electron chi connectivity index (χ2n) is 9.37. The summed E-state index contributed by atoms with van der Waals surface area (Å²) in [5.41, 5.74) is 1.43. The van der Waals surface area contributed by atoms with Crippen molar-refractivity contribution in [3.05, 3.63) is 74.7 Å². The Labute approximate surface area is 197 Å². The second kappa shape index (κ2) is 6.84. The number of nitrogens with zero attached hydrogens (tertiary/aromatic N) is 1. The highest BCUT2D eigenvalue weighted by atomic mass is 32.2. The van der Waals surface area contributed by atoms with Crippen LogP contribution >= 0.6 is 23.1 Å². The summed E-state index contributed by atoms with van der Waals surface area (Å²) in [7, 11) is 0. The summed E-state index contributed by atoms with van der Waals surface area (Å²) in [5.74, 6) is -0.602. The molecule has 0 radical (unpaired) electrons. The number of nitrogens with one attached hydrogen (secondary N) is 1. The highest BCUT2D eigenvalue weighted by Crippen LogP contribution is 2.69. The van der Waals surface area contributed by atoms with Gasteiger partial charge >= 0.3 is 4.87 Å². The van der Waals surface area contributed by atoms with Crippen LogP contribution in [0.1, 0.15) is 22.8 Å². The third-order valence-corrected chi connectivity index (χ3v) is 10.6. The number of hydrogen-bond donors (Lipinski definition) is 2. The number of para-hydroxylation sites is 2. The molecule has 2 N–H and O–H groups in total. The molecule has 7 atom stereocenters. The largest absolute Gasteiger partial charge is 0.508 e. The van der Waals surface area contributed by atoms with E-state index in [0.717, 1.165) is 21.9 Å². The Balaban J connectivity index is 1.36. The maximum atomic E-state index is 13.6. The van der Waals surface area contributed by atoms with E-state index in [2.05, 4.69) is 4.98 Å². The van der Waals surface area contributed by atoms with Crippen molar-refractivity contribution in [2.45, 2.75) is 22.6 Å². The lowest BCUT2D eigenvalue weighted by molar-refractivity contribution is -0.123. The molecule has 7 unspecified atom stereocenters. The normalized spacial score (nSPS) is 33.8. The highest BCUT2D eigenvalue weighted by Gasteiger charge is 2.69. The molecule has 2 aliphatic heterocycles. The molecule has 0 spiro atoms. The molecular formula is C25H20N2O4S2. The minimum atomic E-state index is -0.338. The number of aromatic nitrogens is 1. The van der Waals surface area contributed by atoms with E-state index in [1.807, 2.05) is 42.5 Å². The average Bonchev–Trinajstić information content (AvgIpc) is 3.54. The lowest BCUT2D eigenvalue weighted by atomic mass is 9.68. The summed E-state index contributed by atoms with van der Waals surface area (Å²) in [6, 6.07) is 16.5. The van der Waals surface area contributed by atoms with Crippen LogP contribution in [0.5, 0.6) is 5.75 Å². The molecule has 2 amide bonds. The zero-order chi connectivity index (χ0) is 22.4. The molecular weight excluding hydrogens is 456 g/mol. The van der Waals surface area contributed by atoms with Crippen molar-refractivity contribution in [1.82, 2.24) is 4.98 Å². The van der Waals surface area contributed by atoms with Gasteiger partial charge in [0.05, 0.1) is 22.5 Å². The molecule has 4 aliphatic rings. The molecule has 6 nitrogen and oxygen atoms in total. The van der Waals surface area contributed by atoms with E-state index in [9.17, 15) is 19.5 Å². The predicted octanol–water partition coefficient (Wildman–Crippen LogP) is 3.82. The first-order chi connectivity index (χ1) is 16.0. The van der Waals surface area contributed by atoms with Gasteiger partial charge in [0.15, 0.2) is 0 Å². The van der Waals surface area contributed by atoms with Gasteiger partial charge in [-0.1, -0.05) is 47.7 Å². The molecule has 2 saturated carbocycles. The number of phenolic OH excluding ortho intramolecular Hbond substituents is 1. The molecule has 8 heteroatoms. The van der Waals surface area contributed by atoms with E-state index in [-0.39, 0.29) is 63.2 Å². The Morgan fingerprint density at radius 2 is 1.61 bits per heavy atom. The van der Waals surface area contributed by atoms with Gasteiger partial charge in [-0.15, -0.1) is 11.8 Å². The SMILES string of the molecule is O=C1C2C3CC(C2C(=O)N1c1ccccc1)C1C(c2ccccc2O)c2sc(=O)[nH]c2SC31. The molecule has 2 bridgehead atoms. The van der Waals surface area contributed by atoms with Gasteiger partial charge in [-0.25, -0.2) is 0 Å². The zero-order valence-corrected chi connectivity index (χ0v) is 19.0. The molecule has 33 heavy (non-hydrogen) atoms. The second-order valence-corrected chi connectivity index (χ2v) is 11.6. The fourth-order valence-electron chi connectivity index (χ4n) is 6.95. The number of phenols is 1. The Hall–Kier alpha value is -2.84. The van der Waals surface area contributed by atoms with Gasteiger partial charge < -0.3 is 10.1 Å². The molecule has 2 aromatic carbocycles. The summed E-state index contributed by atoms with van der Waals surface area (Å²) in [4.78, 5) is 44.6. The van der Waals surface area contributed by atoms with Gasteiger partial charge in [0.2, 0.25) is 11.8 Å². The number of amides is 2. The van der Waals surface area contributed by atoms with Crippen LogP contribution < -0.4 is 9.77 Å². The van der Waals surface area contributed by atoms with E-state index < -0.39 is 0 Å². The Morgan fingerprint density at radius 3 is 2.36 bits per heavy atom. The van der Waals surface area contributed by atoms with Crippen LogP contribution in [0.25, 0.3) is 0 Å². The van der Waals surface area contributed by atoms with Gasteiger partial charge in [0.25, 0.3) is 0 Å². The topological polar surface area (TPSA) is 90.5 Å². The van der Waals surface area contributed by atoms with Crippen LogP contribution in [-0.4, -0.2) is 27.2 Å². The number of carbonyl (C=O) groups excluding carboxylic acids is 2. The predicted molar refractivity (Wildman–Crippen MR) is 126 cm³/mol. The van der Waals surface area contributed by atoms with Gasteiger partial charge in [-0.3, -0.25) is 19.3 Å². The van der Waals surface area contributed by atoms with Crippen LogP contribution in [0.15, 0.2) is 64.4 Å². The molecule has 166 valence electrons. The number of fused-ring (bicyclic) bond motifs is 9. The van der Waals surface area contributed by atoms with Gasteiger partial charge in [-0.05, 0) is 42.4 Å². The van der Waals surface area contributed by atoms with Crippen LogP contribution in [0.3, 0.4) is 0 Å². The van der Waals surface area contributed by atoms with Gasteiger partial charge in [0.1, 0.15) is 5.75 Å². The number of anilines is 1. The van der Waals surface area contributed by atoms with Crippen molar-refractivity contribution >= 4 is 40.6 Å². The van der Waals surface area contributed by atoms with Crippen molar-refractivity contribution in [3.63, 3.8) is 0 Å². The van der Waals surface area contributed by atoms with E-state index in [0.29, 0.717) is 5.69 Å². The number of aromatic hydroxyl groups is 1. The quantitative estimate of drug-likeness (QED) is 0.549.